The number of carbonyl (C=O) groups excluding carboxylic acids is 1. The Balaban J connectivity index is 2.24. The molecule has 1 amide bonds. The number of carbonyl (C=O) groups is 1. The van der Waals surface area contributed by atoms with Gasteiger partial charge < -0.3 is 14.7 Å². The number of amides is 1. The van der Waals surface area contributed by atoms with E-state index >= 15 is 0 Å². The number of rotatable bonds is 2. The smallest absolute Gasteiger partial charge is 0.255 e. The van der Waals surface area contributed by atoms with Crippen molar-refractivity contribution in [1.29, 1.82) is 0 Å². The molecule has 1 fully saturated rings. The highest BCUT2D eigenvalue weighted by molar-refractivity contribution is 6.34. The topological polar surface area (TPSA) is 49.8 Å². The fourth-order valence-corrected chi connectivity index (χ4v) is 2.38. The van der Waals surface area contributed by atoms with Gasteiger partial charge in [0.1, 0.15) is 0 Å². The molecule has 5 heteroatoms. The predicted molar refractivity (Wildman–Crippen MR) is 73.5 cm³/mol. The highest BCUT2D eigenvalue weighted by Gasteiger charge is 2.30. The van der Waals surface area contributed by atoms with Gasteiger partial charge in [-0.05, 0) is 25.5 Å². The minimum Gasteiger partial charge on any atom is -0.394 e. The second kappa shape index (κ2) is 5.90. The van der Waals surface area contributed by atoms with Crippen molar-refractivity contribution in [1.82, 2.24) is 4.90 Å². The van der Waals surface area contributed by atoms with E-state index in [0.29, 0.717) is 23.7 Å². The summed E-state index contributed by atoms with van der Waals surface area (Å²) in [5.41, 5.74) is 1.39. The molecule has 0 aliphatic carbocycles. The Labute approximate surface area is 117 Å². The zero-order valence-corrected chi connectivity index (χ0v) is 11.9. The van der Waals surface area contributed by atoms with Crippen LogP contribution in [0.25, 0.3) is 0 Å². The number of hydrogen-bond donors (Lipinski definition) is 1. The lowest BCUT2D eigenvalue weighted by molar-refractivity contribution is -0.0667. The third kappa shape index (κ3) is 2.91. The molecule has 1 aromatic rings. The number of hydrogen-bond acceptors (Lipinski definition) is 3. The van der Waals surface area contributed by atoms with E-state index in [1.165, 1.54) is 0 Å². The Morgan fingerprint density at radius 1 is 1.58 bits per heavy atom. The molecule has 1 saturated heterocycles. The van der Waals surface area contributed by atoms with Gasteiger partial charge in [0.25, 0.3) is 5.91 Å². The van der Waals surface area contributed by atoms with Gasteiger partial charge in [-0.3, -0.25) is 4.79 Å². The minimum atomic E-state index is -0.316. The van der Waals surface area contributed by atoms with Crippen molar-refractivity contribution < 1.29 is 14.6 Å². The number of halogens is 1. The minimum absolute atomic E-state index is 0.0214. The Hall–Kier alpha value is -1.10. The van der Waals surface area contributed by atoms with Crippen molar-refractivity contribution in [2.75, 3.05) is 19.8 Å². The number of ether oxygens (including phenoxy) is 1. The summed E-state index contributed by atoms with van der Waals surface area (Å²) in [6, 6.07) is 5.40. The first-order valence-electron chi connectivity index (χ1n) is 6.33. The SMILES string of the molecule is Cc1cccc(C(=O)N2CC(CO)OCC2C)c1Cl. The van der Waals surface area contributed by atoms with Crippen LogP contribution >= 0.6 is 11.6 Å². The first-order chi connectivity index (χ1) is 9.04. The molecule has 2 rings (SSSR count). The van der Waals surface area contributed by atoms with Crippen LogP contribution in [0.1, 0.15) is 22.8 Å². The monoisotopic (exact) mass is 283 g/mol. The molecule has 0 radical (unpaired) electrons. The van der Waals surface area contributed by atoms with Crippen LogP contribution in [0.15, 0.2) is 18.2 Å². The Morgan fingerprint density at radius 2 is 2.32 bits per heavy atom. The van der Waals surface area contributed by atoms with Gasteiger partial charge in [0, 0.05) is 6.54 Å². The molecular formula is C14H18ClNO3. The quantitative estimate of drug-likeness (QED) is 0.901. The number of aryl methyl sites for hydroxylation is 1. The largest absolute Gasteiger partial charge is 0.394 e. The van der Waals surface area contributed by atoms with Crippen LogP contribution in [0.3, 0.4) is 0 Å². The van der Waals surface area contributed by atoms with E-state index in [-0.39, 0.29) is 24.7 Å². The van der Waals surface area contributed by atoms with Crippen molar-refractivity contribution in [3.8, 4) is 0 Å². The van der Waals surface area contributed by atoms with Crippen molar-refractivity contribution in [2.45, 2.75) is 26.0 Å². The highest BCUT2D eigenvalue weighted by Crippen LogP contribution is 2.24. The maximum Gasteiger partial charge on any atom is 0.255 e. The summed E-state index contributed by atoms with van der Waals surface area (Å²) >= 11 is 6.20. The average Bonchev–Trinajstić information content (AvgIpc) is 2.42. The predicted octanol–water partition coefficient (Wildman–Crippen LogP) is 1.87. The molecule has 0 spiro atoms. The molecule has 0 aromatic heterocycles. The Morgan fingerprint density at radius 3 is 3.00 bits per heavy atom. The van der Waals surface area contributed by atoms with E-state index in [1.807, 2.05) is 26.0 Å². The second-order valence-corrected chi connectivity index (χ2v) is 5.26. The van der Waals surface area contributed by atoms with E-state index in [9.17, 15) is 4.79 Å². The van der Waals surface area contributed by atoms with Crippen molar-refractivity contribution in [3.05, 3.63) is 34.3 Å². The van der Waals surface area contributed by atoms with Gasteiger partial charge in [-0.15, -0.1) is 0 Å². The fraction of sp³-hybridized carbons (Fsp3) is 0.500. The summed E-state index contributed by atoms with van der Waals surface area (Å²) in [5.74, 6) is -0.108. The van der Waals surface area contributed by atoms with Gasteiger partial charge in [0.15, 0.2) is 0 Å². The summed E-state index contributed by atoms with van der Waals surface area (Å²) in [6.07, 6.45) is -0.316. The second-order valence-electron chi connectivity index (χ2n) is 4.88. The zero-order valence-electron chi connectivity index (χ0n) is 11.1. The maximum absolute atomic E-state index is 12.5. The molecule has 19 heavy (non-hydrogen) atoms. The number of nitrogens with zero attached hydrogens (tertiary/aromatic N) is 1. The van der Waals surface area contributed by atoms with Crippen molar-refractivity contribution in [3.63, 3.8) is 0 Å². The van der Waals surface area contributed by atoms with Crippen LogP contribution < -0.4 is 0 Å². The van der Waals surface area contributed by atoms with Gasteiger partial charge in [0.2, 0.25) is 0 Å². The maximum atomic E-state index is 12.5. The number of aliphatic hydroxyl groups is 1. The summed E-state index contributed by atoms with van der Waals surface area (Å²) < 4.78 is 5.43. The molecule has 1 aliphatic rings. The lowest BCUT2D eigenvalue weighted by Crippen LogP contribution is -2.52. The summed E-state index contributed by atoms with van der Waals surface area (Å²) in [5, 5.41) is 9.65. The lowest BCUT2D eigenvalue weighted by atomic mass is 10.1. The molecule has 0 bridgehead atoms. The van der Waals surface area contributed by atoms with Crippen LogP contribution in [0.5, 0.6) is 0 Å². The Bertz CT molecular complexity index is 478. The van der Waals surface area contributed by atoms with Gasteiger partial charge in [-0.25, -0.2) is 0 Å². The molecule has 1 aliphatic heterocycles. The standard InChI is InChI=1S/C14H18ClNO3/c1-9-4-3-5-12(13(9)15)14(18)16-6-11(7-17)19-8-10(16)2/h3-5,10-11,17H,6-8H2,1-2H3. The van der Waals surface area contributed by atoms with Gasteiger partial charge >= 0.3 is 0 Å². The third-order valence-corrected chi connectivity index (χ3v) is 3.89. The molecule has 4 nitrogen and oxygen atoms in total. The summed E-state index contributed by atoms with van der Waals surface area (Å²) in [4.78, 5) is 14.3. The van der Waals surface area contributed by atoms with Crippen LogP contribution in [0.4, 0.5) is 0 Å². The molecule has 2 unspecified atom stereocenters. The number of morpholine rings is 1. The van der Waals surface area contributed by atoms with Crippen LogP contribution in [0.2, 0.25) is 5.02 Å². The zero-order chi connectivity index (χ0) is 14.0. The molecule has 1 N–H and O–H groups in total. The fourth-order valence-electron chi connectivity index (χ4n) is 2.18. The van der Waals surface area contributed by atoms with Gasteiger partial charge in [-0.1, -0.05) is 23.7 Å². The average molecular weight is 284 g/mol. The van der Waals surface area contributed by atoms with Crippen LogP contribution in [-0.4, -0.2) is 47.8 Å². The van der Waals surface area contributed by atoms with Crippen LogP contribution in [0, 0.1) is 6.92 Å². The molecule has 104 valence electrons. The molecule has 1 heterocycles. The lowest BCUT2D eigenvalue weighted by Gasteiger charge is -2.37. The van der Waals surface area contributed by atoms with Gasteiger partial charge in [-0.2, -0.15) is 0 Å². The van der Waals surface area contributed by atoms with E-state index in [4.69, 9.17) is 21.4 Å². The normalized spacial score (nSPS) is 23.5. The molecule has 1 aromatic carbocycles. The van der Waals surface area contributed by atoms with E-state index in [0.717, 1.165) is 5.56 Å². The van der Waals surface area contributed by atoms with Gasteiger partial charge in [0.05, 0.1) is 35.9 Å². The Kier molecular flexibility index (Phi) is 4.45. The van der Waals surface area contributed by atoms with E-state index in [1.54, 1.807) is 11.0 Å². The van der Waals surface area contributed by atoms with E-state index in [2.05, 4.69) is 0 Å². The first-order valence-corrected chi connectivity index (χ1v) is 6.71. The molecule has 2 atom stereocenters. The van der Waals surface area contributed by atoms with Crippen molar-refractivity contribution >= 4 is 17.5 Å². The third-order valence-electron chi connectivity index (χ3n) is 3.39. The highest BCUT2D eigenvalue weighted by atomic mass is 35.5. The summed E-state index contributed by atoms with van der Waals surface area (Å²) in [7, 11) is 0. The van der Waals surface area contributed by atoms with Crippen LogP contribution in [-0.2, 0) is 4.74 Å². The van der Waals surface area contributed by atoms with E-state index < -0.39 is 0 Å². The molecule has 0 saturated carbocycles. The first kappa shape index (κ1) is 14.3. The number of benzene rings is 1. The summed E-state index contributed by atoms with van der Waals surface area (Å²) in [6.45, 7) is 4.53. The van der Waals surface area contributed by atoms with Crippen molar-refractivity contribution in [2.24, 2.45) is 0 Å². The number of aliphatic hydroxyl groups excluding tert-OH is 1. The molecular weight excluding hydrogens is 266 g/mol.